The van der Waals surface area contributed by atoms with Crippen LogP contribution in [0.15, 0.2) is 47.4 Å². The van der Waals surface area contributed by atoms with E-state index >= 15 is 0 Å². The van der Waals surface area contributed by atoms with Crippen molar-refractivity contribution in [3.8, 4) is 0 Å². The molecule has 0 spiro atoms. The average molecular weight is 524 g/mol. The number of anilines is 2. The van der Waals surface area contributed by atoms with Crippen LogP contribution in [0.2, 0.25) is 5.02 Å². The minimum atomic E-state index is -3.60. The molecule has 0 aliphatic carbocycles. The van der Waals surface area contributed by atoms with Crippen LogP contribution in [0, 0.1) is 10.1 Å². The van der Waals surface area contributed by atoms with E-state index in [2.05, 4.69) is 15.1 Å². The molecular formula is C23H30ClN5O5S. The van der Waals surface area contributed by atoms with Crippen molar-refractivity contribution in [2.24, 2.45) is 0 Å². The van der Waals surface area contributed by atoms with Gasteiger partial charge in [0.2, 0.25) is 10.0 Å². The molecule has 0 amide bonds. The lowest BCUT2D eigenvalue weighted by molar-refractivity contribution is -0.383. The van der Waals surface area contributed by atoms with Crippen LogP contribution < -0.4 is 10.2 Å². The van der Waals surface area contributed by atoms with Crippen molar-refractivity contribution in [3.63, 3.8) is 0 Å². The maximum absolute atomic E-state index is 12.9. The van der Waals surface area contributed by atoms with E-state index in [1.54, 1.807) is 24.3 Å². The highest BCUT2D eigenvalue weighted by Gasteiger charge is 2.29. The maximum atomic E-state index is 12.9. The van der Waals surface area contributed by atoms with Crippen LogP contribution in [0.4, 0.5) is 17.1 Å². The van der Waals surface area contributed by atoms with Gasteiger partial charge in [0.25, 0.3) is 5.69 Å². The summed E-state index contributed by atoms with van der Waals surface area (Å²) in [6.45, 7) is 6.47. The molecule has 10 nitrogen and oxygen atoms in total. The third kappa shape index (κ3) is 6.42. The zero-order valence-corrected chi connectivity index (χ0v) is 21.0. The number of morpholine rings is 1. The molecule has 2 saturated heterocycles. The molecule has 12 heteroatoms. The lowest BCUT2D eigenvalue weighted by Gasteiger charge is -2.35. The number of nitro benzene ring substituents is 1. The van der Waals surface area contributed by atoms with Gasteiger partial charge in [0.1, 0.15) is 5.69 Å². The highest BCUT2D eigenvalue weighted by Crippen LogP contribution is 2.31. The molecule has 190 valence electrons. The number of hydrogen-bond acceptors (Lipinski definition) is 8. The molecule has 2 heterocycles. The highest BCUT2D eigenvalue weighted by molar-refractivity contribution is 7.89. The summed E-state index contributed by atoms with van der Waals surface area (Å²) in [4.78, 5) is 15.8. The summed E-state index contributed by atoms with van der Waals surface area (Å²) in [6.07, 6.45) is 0.864. The average Bonchev–Trinajstić information content (AvgIpc) is 2.87. The summed E-state index contributed by atoms with van der Waals surface area (Å²) >= 11 is 5.88. The number of sulfonamides is 1. The molecule has 0 unspecified atom stereocenters. The SMILES string of the molecule is O=[N+]([O-])c1ccc(N2CCN(S(=O)(=O)c3ccc(Cl)cc3)CC2)cc1NCCCN1CCOCC1. The van der Waals surface area contributed by atoms with E-state index in [0.717, 1.165) is 45.0 Å². The minimum absolute atomic E-state index is 0.0316. The van der Waals surface area contributed by atoms with Gasteiger partial charge in [-0.05, 0) is 49.4 Å². The van der Waals surface area contributed by atoms with E-state index < -0.39 is 10.0 Å². The molecule has 4 rings (SSSR count). The second-order valence-corrected chi connectivity index (χ2v) is 10.9. The normalized spacial score (nSPS) is 17.9. The van der Waals surface area contributed by atoms with Gasteiger partial charge in [-0.2, -0.15) is 4.31 Å². The largest absolute Gasteiger partial charge is 0.379 e. The number of nitrogens with one attached hydrogen (secondary N) is 1. The van der Waals surface area contributed by atoms with E-state index in [9.17, 15) is 18.5 Å². The van der Waals surface area contributed by atoms with Crippen LogP contribution >= 0.6 is 11.6 Å². The van der Waals surface area contributed by atoms with Crippen LogP contribution in [0.3, 0.4) is 0 Å². The van der Waals surface area contributed by atoms with Crippen molar-refractivity contribution in [2.45, 2.75) is 11.3 Å². The smallest absolute Gasteiger partial charge is 0.292 e. The Kier molecular flexibility index (Phi) is 8.45. The lowest BCUT2D eigenvalue weighted by Crippen LogP contribution is -2.48. The van der Waals surface area contributed by atoms with Gasteiger partial charge in [-0.3, -0.25) is 15.0 Å². The van der Waals surface area contributed by atoms with Crippen molar-refractivity contribution >= 4 is 38.7 Å². The van der Waals surface area contributed by atoms with Crippen LogP contribution in [0.5, 0.6) is 0 Å². The van der Waals surface area contributed by atoms with E-state index in [0.29, 0.717) is 43.4 Å². The van der Waals surface area contributed by atoms with Crippen LogP contribution in [0.25, 0.3) is 0 Å². The number of benzene rings is 2. The Labute approximate surface area is 210 Å². The first kappa shape index (κ1) is 25.6. The van der Waals surface area contributed by atoms with Crippen molar-refractivity contribution < 1.29 is 18.1 Å². The zero-order chi connectivity index (χ0) is 24.8. The maximum Gasteiger partial charge on any atom is 0.292 e. The Balaban J connectivity index is 1.37. The molecule has 2 aromatic carbocycles. The Hall–Kier alpha value is -2.44. The quantitative estimate of drug-likeness (QED) is 0.303. The van der Waals surface area contributed by atoms with Crippen LogP contribution in [0.1, 0.15) is 6.42 Å². The van der Waals surface area contributed by atoms with Gasteiger partial charge in [-0.1, -0.05) is 11.6 Å². The third-order valence-corrected chi connectivity index (χ3v) is 8.47. The van der Waals surface area contributed by atoms with Crippen molar-refractivity contribution in [3.05, 3.63) is 57.6 Å². The van der Waals surface area contributed by atoms with Gasteiger partial charge >= 0.3 is 0 Å². The predicted octanol–water partition coefficient (Wildman–Crippen LogP) is 2.89. The van der Waals surface area contributed by atoms with Gasteiger partial charge in [-0.25, -0.2) is 8.42 Å². The second-order valence-electron chi connectivity index (χ2n) is 8.54. The van der Waals surface area contributed by atoms with Gasteiger partial charge in [0.05, 0.1) is 23.0 Å². The fourth-order valence-corrected chi connectivity index (χ4v) is 5.86. The van der Waals surface area contributed by atoms with Gasteiger partial charge in [0, 0.05) is 62.6 Å². The van der Waals surface area contributed by atoms with Crippen LogP contribution in [-0.4, -0.2) is 88.1 Å². The molecular weight excluding hydrogens is 494 g/mol. The zero-order valence-electron chi connectivity index (χ0n) is 19.4. The van der Waals surface area contributed by atoms with E-state index in [1.807, 2.05) is 0 Å². The summed E-state index contributed by atoms with van der Waals surface area (Å²) in [5, 5.41) is 15.3. The fourth-order valence-electron chi connectivity index (χ4n) is 4.31. The Bertz CT molecular complexity index is 1120. The Morgan fingerprint density at radius 3 is 2.34 bits per heavy atom. The molecule has 0 atom stereocenters. The molecule has 0 radical (unpaired) electrons. The highest BCUT2D eigenvalue weighted by atomic mass is 35.5. The molecule has 0 aromatic heterocycles. The van der Waals surface area contributed by atoms with Gasteiger partial charge in [0.15, 0.2) is 0 Å². The number of nitro groups is 1. The number of rotatable bonds is 9. The molecule has 0 saturated carbocycles. The molecule has 2 aliphatic heterocycles. The number of nitrogens with zero attached hydrogens (tertiary/aromatic N) is 4. The Morgan fingerprint density at radius 1 is 1.00 bits per heavy atom. The van der Waals surface area contributed by atoms with Crippen LogP contribution in [-0.2, 0) is 14.8 Å². The first-order chi connectivity index (χ1) is 16.8. The predicted molar refractivity (Wildman–Crippen MR) is 136 cm³/mol. The van der Waals surface area contributed by atoms with E-state index in [-0.39, 0.29) is 15.5 Å². The van der Waals surface area contributed by atoms with Crippen molar-refractivity contribution in [2.75, 3.05) is 75.8 Å². The summed E-state index contributed by atoms with van der Waals surface area (Å²) < 4.78 is 32.7. The minimum Gasteiger partial charge on any atom is -0.379 e. The van der Waals surface area contributed by atoms with E-state index in [4.69, 9.17) is 16.3 Å². The van der Waals surface area contributed by atoms with Crippen molar-refractivity contribution in [1.82, 2.24) is 9.21 Å². The van der Waals surface area contributed by atoms with E-state index in [1.165, 1.54) is 22.5 Å². The standard InChI is InChI=1S/C23H30ClN5O5S/c24-19-2-5-21(6-3-19)35(32,33)28-12-10-27(11-13-28)20-4-7-23(29(30)31)22(18-20)25-8-1-9-26-14-16-34-17-15-26/h2-7,18,25H,1,8-17H2. The molecule has 2 aromatic rings. The summed E-state index contributed by atoms with van der Waals surface area (Å²) in [5.74, 6) is 0. The number of piperazine rings is 1. The molecule has 2 aliphatic rings. The third-order valence-electron chi connectivity index (χ3n) is 6.30. The first-order valence-electron chi connectivity index (χ1n) is 11.7. The van der Waals surface area contributed by atoms with Crippen molar-refractivity contribution in [1.29, 1.82) is 0 Å². The first-order valence-corrected chi connectivity index (χ1v) is 13.5. The summed E-state index contributed by atoms with van der Waals surface area (Å²) in [6, 6.07) is 11.2. The molecule has 1 N–H and O–H groups in total. The second kappa shape index (κ2) is 11.5. The fraction of sp³-hybridized carbons (Fsp3) is 0.478. The number of halogens is 1. The number of ether oxygens (including phenoxy) is 1. The molecule has 0 bridgehead atoms. The topological polar surface area (TPSA) is 108 Å². The summed E-state index contributed by atoms with van der Waals surface area (Å²) in [5.41, 5.74) is 1.34. The Morgan fingerprint density at radius 2 is 1.69 bits per heavy atom. The van der Waals surface area contributed by atoms with Gasteiger partial charge in [-0.15, -0.1) is 0 Å². The monoisotopic (exact) mass is 523 g/mol. The lowest BCUT2D eigenvalue weighted by atomic mass is 10.2. The summed E-state index contributed by atoms with van der Waals surface area (Å²) in [7, 11) is -3.60. The number of hydrogen-bond donors (Lipinski definition) is 1. The molecule has 2 fully saturated rings. The van der Waals surface area contributed by atoms with Gasteiger partial charge < -0.3 is 15.0 Å². The molecule has 35 heavy (non-hydrogen) atoms.